The summed E-state index contributed by atoms with van der Waals surface area (Å²) < 4.78 is 0. The van der Waals surface area contributed by atoms with Crippen LogP contribution < -0.4 is 5.32 Å². The largest absolute Gasteiger partial charge is 0.324 e. The smallest absolute Gasteiger partial charge is 0.262 e. The molecule has 3 aromatic rings. The number of imide groups is 1. The highest BCUT2D eigenvalue weighted by molar-refractivity contribution is 6.23. The molecule has 1 aliphatic heterocycles. The highest BCUT2D eigenvalue weighted by Crippen LogP contribution is 2.28. The van der Waals surface area contributed by atoms with Crippen LogP contribution in [-0.2, 0) is 4.79 Å². The second-order valence-corrected chi connectivity index (χ2v) is 7.20. The first-order valence-corrected chi connectivity index (χ1v) is 9.87. The molecule has 0 fully saturated rings. The number of nitrogens with zero attached hydrogens (tertiary/aromatic N) is 1. The van der Waals surface area contributed by atoms with Crippen molar-refractivity contribution >= 4 is 34.2 Å². The average molecular weight is 386 g/mol. The van der Waals surface area contributed by atoms with Crippen molar-refractivity contribution in [3.8, 4) is 0 Å². The van der Waals surface area contributed by atoms with Gasteiger partial charge >= 0.3 is 0 Å². The summed E-state index contributed by atoms with van der Waals surface area (Å²) in [6, 6.07) is 19.3. The van der Waals surface area contributed by atoms with Gasteiger partial charge in [0.25, 0.3) is 11.8 Å². The molecule has 0 spiro atoms. The van der Waals surface area contributed by atoms with E-state index in [2.05, 4.69) is 5.32 Å². The normalized spacial score (nSPS) is 14.2. The van der Waals surface area contributed by atoms with Crippen LogP contribution >= 0.6 is 0 Å². The van der Waals surface area contributed by atoms with Gasteiger partial charge in [0.2, 0.25) is 5.91 Å². The molecule has 1 heterocycles. The minimum Gasteiger partial charge on any atom is -0.324 e. The van der Waals surface area contributed by atoms with E-state index >= 15 is 0 Å². The number of nitrogens with one attached hydrogen (secondary N) is 1. The summed E-state index contributed by atoms with van der Waals surface area (Å²) in [5, 5.41) is 4.88. The number of carbonyl (C=O) groups excluding carboxylic acids is 3. The summed E-state index contributed by atoms with van der Waals surface area (Å²) >= 11 is 0. The zero-order valence-electron chi connectivity index (χ0n) is 16.2. The number of carbonyl (C=O) groups is 3. The Hall–Kier alpha value is -3.47. The van der Waals surface area contributed by atoms with E-state index in [-0.39, 0.29) is 5.91 Å². The van der Waals surface area contributed by atoms with E-state index < -0.39 is 17.9 Å². The summed E-state index contributed by atoms with van der Waals surface area (Å²) in [6.45, 7) is 2.02. The zero-order valence-corrected chi connectivity index (χ0v) is 16.2. The van der Waals surface area contributed by atoms with Gasteiger partial charge in [-0.05, 0) is 30.0 Å². The average Bonchev–Trinajstić information content (AvgIpc) is 3.00. The van der Waals surface area contributed by atoms with Crippen LogP contribution in [0.2, 0.25) is 0 Å². The quantitative estimate of drug-likeness (QED) is 0.628. The lowest BCUT2D eigenvalue weighted by Crippen LogP contribution is -2.47. The molecule has 5 nitrogen and oxygen atoms in total. The van der Waals surface area contributed by atoms with Crippen LogP contribution in [0.25, 0.3) is 10.8 Å². The molecule has 0 aliphatic carbocycles. The maximum Gasteiger partial charge on any atom is 0.262 e. The highest BCUT2D eigenvalue weighted by Gasteiger charge is 2.42. The number of amides is 3. The fraction of sp³-hybridized carbons (Fsp3) is 0.208. The number of rotatable bonds is 6. The summed E-state index contributed by atoms with van der Waals surface area (Å²) in [5.41, 5.74) is 1.39. The van der Waals surface area contributed by atoms with Crippen molar-refractivity contribution in [3.63, 3.8) is 0 Å². The van der Waals surface area contributed by atoms with Gasteiger partial charge in [-0.25, -0.2) is 0 Å². The summed E-state index contributed by atoms with van der Waals surface area (Å²) in [4.78, 5) is 40.2. The molecule has 0 saturated heterocycles. The zero-order chi connectivity index (χ0) is 20.4. The minimum atomic E-state index is -0.846. The second-order valence-electron chi connectivity index (χ2n) is 7.20. The lowest BCUT2D eigenvalue weighted by molar-refractivity contribution is -0.120. The Balaban J connectivity index is 1.66. The Morgan fingerprint density at radius 2 is 1.52 bits per heavy atom. The Kier molecular flexibility index (Phi) is 5.12. The number of benzene rings is 3. The van der Waals surface area contributed by atoms with Gasteiger partial charge in [0.1, 0.15) is 6.04 Å². The van der Waals surface area contributed by atoms with E-state index in [0.29, 0.717) is 23.2 Å². The van der Waals surface area contributed by atoms with Crippen molar-refractivity contribution in [1.82, 2.24) is 4.90 Å². The first kappa shape index (κ1) is 18.9. The third-order valence-corrected chi connectivity index (χ3v) is 5.32. The van der Waals surface area contributed by atoms with E-state index in [0.717, 1.165) is 28.5 Å². The molecule has 0 saturated carbocycles. The Morgan fingerprint density at radius 3 is 2.21 bits per heavy atom. The molecular formula is C24H22N2O3. The van der Waals surface area contributed by atoms with Crippen molar-refractivity contribution in [2.75, 3.05) is 5.32 Å². The van der Waals surface area contributed by atoms with Gasteiger partial charge in [-0.3, -0.25) is 19.3 Å². The van der Waals surface area contributed by atoms with Crippen LogP contribution in [0.4, 0.5) is 5.69 Å². The van der Waals surface area contributed by atoms with Crippen LogP contribution in [-0.4, -0.2) is 28.7 Å². The molecule has 0 radical (unpaired) electrons. The molecule has 0 unspecified atom stereocenters. The molecule has 1 aliphatic rings. The van der Waals surface area contributed by atoms with Gasteiger partial charge < -0.3 is 5.32 Å². The van der Waals surface area contributed by atoms with Gasteiger partial charge in [0.05, 0.1) is 11.1 Å². The van der Waals surface area contributed by atoms with E-state index in [1.54, 1.807) is 24.3 Å². The van der Waals surface area contributed by atoms with E-state index in [1.165, 1.54) is 0 Å². The molecule has 146 valence electrons. The van der Waals surface area contributed by atoms with Gasteiger partial charge in [-0.15, -0.1) is 0 Å². The summed E-state index contributed by atoms with van der Waals surface area (Å²) in [5.74, 6) is -1.15. The molecule has 1 atom stereocenters. The van der Waals surface area contributed by atoms with E-state index in [4.69, 9.17) is 0 Å². The Morgan fingerprint density at radius 1 is 0.897 bits per heavy atom. The van der Waals surface area contributed by atoms with Crippen LogP contribution in [0.5, 0.6) is 0 Å². The van der Waals surface area contributed by atoms with Crippen LogP contribution in [0.1, 0.15) is 46.9 Å². The highest BCUT2D eigenvalue weighted by atomic mass is 16.2. The maximum atomic E-state index is 13.2. The number of hydrogen-bond acceptors (Lipinski definition) is 3. The van der Waals surface area contributed by atoms with Crippen molar-refractivity contribution in [2.24, 2.45) is 0 Å². The topological polar surface area (TPSA) is 66.5 Å². The fourth-order valence-electron chi connectivity index (χ4n) is 3.82. The first-order chi connectivity index (χ1) is 14.1. The number of hydrogen-bond donors (Lipinski definition) is 1. The minimum absolute atomic E-state index is 0.343. The monoisotopic (exact) mass is 386 g/mol. The lowest BCUT2D eigenvalue weighted by atomic mass is 10.1. The Labute approximate surface area is 169 Å². The summed E-state index contributed by atoms with van der Waals surface area (Å²) in [7, 11) is 0. The molecule has 0 bridgehead atoms. The SMILES string of the molecule is CCCC[C@@H](C(=O)Nc1cccc2ccccc12)N1C(=O)c2ccccc2C1=O. The fourth-order valence-corrected chi connectivity index (χ4v) is 3.82. The predicted molar refractivity (Wildman–Crippen MR) is 113 cm³/mol. The molecule has 3 amide bonds. The molecule has 4 rings (SSSR count). The lowest BCUT2D eigenvalue weighted by Gasteiger charge is -2.25. The van der Waals surface area contributed by atoms with Crippen molar-refractivity contribution < 1.29 is 14.4 Å². The molecule has 3 aromatic carbocycles. The van der Waals surface area contributed by atoms with Crippen molar-refractivity contribution in [1.29, 1.82) is 0 Å². The molecule has 5 heteroatoms. The first-order valence-electron chi connectivity index (χ1n) is 9.87. The molecule has 29 heavy (non-hydrogen) atoms. The van der Waals surface area contributed by atoms with Crippen LogP contribution in [0.15, 0.2) is 66.7 Å². The van der Waals surface area contributed by atoms with Gasteiger partial charge in [-0.1, -0.05) is 68.3 Å². The van der Waals surface area contributed by atoms with Crippen molar-refractivity contribution in [2.45, 2.75) is 32.2 Å². The van der Waals surface area contributed by atoms with Crippen LogP contribution in [0, 0.1) is 0 Å². The Bertz CT molecular complexity index is 1070. The molecule has 1 N–H and O–H groups in total. The number of unbranched alkanes of at least 4 members (excludes halogenated alkanes) is 1. The molecular weight excluding hydrogens is 364 g/mol. The third-order valence-electron chi connectivity index (χ3n) is 5.32. The van der Waals surface area contributed by atoms with Crippen molar-refractivity contribution in [3.05, 3.63) is 77.9 Å². The standard InChI is InChI=1S/C24H22N2O3/c1-2-3-15-21(26-23(28)18-12-6-7-13-19(18)24(26)29)22(27)25-20-14-8-10-16-9-4-5-11-17(16)20/h4-14,21H,2-3,15H2,1H3,(H,25,27)/t21-/m0/s1. The number of anilines is 1. The van der Waals surface area contributed by atoms with Gasteiger partial charge in [-0.2, -0.15) is 0 Å². The van der Waals surface area contributed by atoms with Crippen LogP contribution in [0.3, 0.4) is 0 Å². The van der Waals surface area contributed by atoms with Gasteiger partial charge in [0, 0.05) is 11.1 Å². The number of fused-ring (bicyclic) bond motifs is 2. The second kappa shape index (κ2) is 7.87. The predicted octanol–water partition coefficient (Wildman–Crippen LogP) is 4.63. The van der Waals surface area contributed by atoms with E-state index in [9.17, 15) is 14.4 Å². The third kappa shape index (κ3) is 3.40. The maximum absolute atomic E-state index is 13.2. The summed E-state index contributed by atoms with van der Waals surface area (Å²) in [6.07, 6.45) is 2.03. The molecule has 0 aromatic heterocycles. The van der Waals surface area contributed by atoms with Gasteiger partial charge in [0.15, 0.2) is 0 Å². The van der Waals surface area contributed by atoms with E-state index in [1.807, 2.05) is 49.4 Å².